The fourth-order valence-corrected chi connectivity index (χ4v) is 3.68. The summed E-state index contributed by atoms with van der Waals surface area (Å²) in [5.41, 5.74) is 1.67. The summed E-state index contributed by atoms with van der Waals surface area (Å²) in [6.45, 7) is 1.68. The molecule has 140 valence electrons. The van der Waals surface area contributed by atoms with Crippen molar-refractivity contribution in [2.45, 2.75) is 25.8 Å². The highest BCUT2D eigenvalue weighted by Gasteiger charge is 2.21. The molecular weight excluding hydrogens is 416 g/mol. The summed E-state index contributed by atoms with van der Waals surface area (Å²) < 4.78 is 26.1. The van der Waals surface area contributed by atoms with E-state index in [2.05, 4.69) is 21.2 Å². The Morgan fingerprint density at radius 3 is 2.31 bits per heavy atom. The molecule has 1 N–H and O–H groups in total. The third kappa shape index (κ3) is 6.46. The molecule has 2 aromatic carbocycles. The number of hydrogen-bond donors (Lipinski definition) is 1. The lowest BCUT2D eigenvalue weighted by Crippen LogP contribution is -2.43. The van der Waals surface area contributed by atoms with Gasteiger partial charge in [-0.3, -0.25) is 9.10 Å². The third-order valence-electron chi connectivity index (χ3n) is 3.92. The Morgan fingerprint density at radius 2 is 1.73 bits per heavy atom. The molecule has 1 amide bonds. The van der Waals surface area contributed by atoms with Crippen LogP contribution >= 0.6 is 15.9 Å². The van der Waals surface area contributed by atoms with Gasteiger partial charge in [-0.15, -0.1) is 0 Å². The van der Waals surface area contributed by atoms with E-state index in [-0.39, 0.29) is 18.5 Å². The van der Waals surface area contributed by atoms with E-state index in [9.17, 15) is 13.2 Å². The zero-order valence-electron chi connectivity index (χ0n) is 14.9. The van der Waals surface area contributed by atoms with Gasteiger partial charge in [-0.25, -0.2) is 8.42 Å². The molecule has 7 heteroatoms. The minimum absolute atomic E-state index is 0.0472. The van der Waals surface area contributed by atoms with Crippen LogP contribution in [0, 0.1) is 0 Å². The highest BCUT2D eigenvalue weighted by atomic mass is 79.9. The molecule has 0 bridgehead atoms. The number of aryl methyl sites for hydroxylation is 1. The molecule has 5 nitrogen and oxygen atoms in total. The van der Waals surface area contributed by atoms with Crippen LogP contribution in [0.5, 0.6) is 0 Å². The van der Waals surface area contributed by atoms with Crippen LogP contribution in [0.25, 0.3) is 0 Å². The second-order valence-corrected chi connectivity index (χ2v) is 9.06. The van der Waals surface area contributed by atoms with E-state index in [1.165, 1.54) is 5.56 Å². The summed E-state index contributed by atoms with van der Waals surface area (Å²) in [6, 6.07) is 16.8. The van der Waals surface area contributed by atoms with Crippen LogP contribution in [-0.2, 0) is 21.2 Å². The molecule has 0 aliphatic heterocycles. The second-order valence-electron chi connectivity index (χ2n) is 6.24. The van der Waals surface area contributed by atoms with E-state index in [0.717, 1.165) is 27.9 Å². The predicted molar refractivity (Wildman–Crippen MR) is 109 cm³/mol. The first-order chi connectivity index (χ1) is 12.3. The molecule has 0 aromatic heterocycles. The first-order valence-corrected chi connectivity index (χ1v) is 11.0. The van der Waals surface area contributed by atoms with E-state index >= 15 is 0 Å². The minimum atomic E-state index is -3.56. The van der Waals surface area contributed by atoms with Crippen molar-refractivity contribution in [2.24, 2.45) is 0 Å². The molecule has 1 unspecified atom stereocenters. The van der Waals surface area contributed by atoms with E-state index in [1.54, 1.807) is 24.3 Å². The van der Waals surface area contributed by atoms with Gasteiger partial charge < -0.3 is 5.32 Å². The summed E-state index contributed by atoms with van der Waals surface area (Å²) in [5, 5.41) is 2.88. The highest BCUT2D eigenvalue weighted by Crippen LogP contribution is 2.20. The van der Waals surface area contributed by atoms with Gasteiger partial charge in [0.05, 0.1) is 11.9 Å². The van der Waals surface area contributed by atoms with E-state index in [0.29, 0.717) is 5.69 Å². The maximum Gasteiger partial charge on any atom is 0.240 e. The maximum absolute atomic E-state index is 12.3. The quantitative estimate of drug-likeness (QED) is 0.686. The van der Waals surface area contributed by atoms with Crippen LogP contribution in [0.2, 0.25) is 0 Å². The number of carbonyl (C=O) groups is 1. The fraction of sp³-hybridized carbons (Fsp3) is 0.316. The van der Waals surface area contributed by atoms with Gasteiger partial charge in [0.1, 0.15) is 6.54 Å². The SMILES string of the molecule is CC(CCc1ccccc1)NC(=O)CN(c1ccc(Br)cc1)S(C)(=O)=O. The van der Waals surface area contributed by atoms with Gasteiger partial charge in [0, 0.05) is 10.5 Å². The van der Waals surface area contributed by atoms with Gasteiger partial charge in [0.15, 0.2) is 0 Å². The predicted octanol–water partition coefficient (Wildman–Crippen LogP) is 3.35. The lowest BCUT2D eigenvalue weighted by molar-refractivity contribution is -0.120. The smallest absolute Gasteiger partial charge is 0.240 e. The van der Waals surface area contributed by atoms with Gasteiger partial charge in [0.25, 0.3) is 0 Å². The monoisotopic (exact) mass is 438 g/mol. The molecule has 2 aromatic rings. The molecule has 26 heavy (non-hydrogen) atoms. The number of benzene rings is 2. The minimum Gasteiger partial charge on any atom is -0.352 e. The molecule has 0 heterocycles. The largest absolute Gasteiger partial charge is 0.352 e. The van der Waals surface area contributed by atoms with Crippen molar-refractivity contribution in [1.82, 2.24) is 5.32 Å². The van der Waals surface area contributed by atoms with Crippen LogP contribution < -0.4 is 9.62 Å². The molecule has 0 aliphatic carbocycles. The zero-order chi connectivity index (χ0) is 19.2. The van der Waals surface area contributed by atoms with Crippen LogP contribution in [-0.4, -0.2) is 33.2 Å². The number of nitrogens with one attached hydrogen (secondary N) is 1. The van der Waals surface area contributed by atoms with Gasteiger partial charge >= 0.3 is 0 Å². The van der Waals surface area contributed by atoms with E-state index in [4.69, 9.17) is 0 Å². The summed E-state index contributed by atoms with van der Waals surface area (Å²) in [6.07, 6.45) is 2.73. The molecule has 0 saturated carbocycles. The summed E-state index contributed by atoms with van der Waals surface area (Å²) in [7, 11) is -3.56. The van der Waals surface area contributed by atoms with Gasteiger partial charge in [0.2, 0.25) is 15.9 Å². The molecule has 0 radical (unpaired) electrons. The van der Waals surface area contributed by atoms with Gasteiger partial charge in [-0.1, -0.05) is 46.3 Å². The summed E-state index contributed by atoms with van der Waals surface area (Å²) in [5.74, 6) is -0.320. The number of hydrogen-bond acceptors (Lipinski definition) is 3. The Balaban J connectivity index is 1.95. The van der Waals surface area contributed by atoms with Crippen LogP contribution in [0.15, 0.2) is 59.1 Å². The van der Waals surface area contributed by atoms with Crippen LogP contribution in [0.1, 0.15) is 18.9 Å². The summed E-state index contributed by atoms with van der Waals surface area (Å²) >= 11 is 3.32. The van der Waals surface area contributed by atoms with Gasteiger partial charge in [-0.2, -0.15) is 0 Å². The number of sulfonamides is 1. The number of halogens is 1. The molecule has 2 rings (SSSR count). The number of anilines is 1. The molecule has 0 fully saturated rings. The van der Waals surface area contributed by atoms with Crippen LogP contribution in [0.3, 0.4) is 0 Å². The maximum atomic E-state index is 12.3. The Kier molecular flexibility index (Phi) is 7.23. The average molecular weight is 439 g/mol. The average Bonchev–Trinajstić information content (AvgIpc) is 2.59. The Morgan fingerprint density at radius 1 is 1.12 bits per heavy atom. The molecule has 0 aliphatic rings. The van der Waals surface area contributed by atoms with Crippen molar-refractivity contribution in [1.29, 1.82) is 0 Å². The first kappa shape index (κ1) is 20.5. The Labute approximate surface area is 163 Å². The highest BCUT2D eigenvalue weighted by molar-refractivity contribution is 9.10. The fourth-order valence-electron chi connectivity index (χ4n) is 2.56. The zero-order valence-corrected chi connectivity index (χ0v) is 17.3. The van der Waals surface area contributed by atoms with Crippen molar-refractivity contribution in [3.8, 4) is 0 Å². The molecule has 0 saturated heterocycles. The van der Waals surface area contributed by atoms with Crippen molar-refractivity contribution in [2.75, 3.05) is 17.1 Å². The van der Waals surface area contributed by atoms with Crippen molar-refractivity contribution in [3.63, 3.8) is 0 Å². The molecular formula is C19H23BrN2O3S. The number of carbonyl (C=O) groups excluding carboxylic acids is 1. The van der Waals surface area contributed by atoms with Crippen LogP contribution in [0.4, 0.5) is 5.69 Å². The lowest BCUT2D eigenvalue weighted by atomic mass is 10.1. The van der Waals surface area contributed by atoms with Crippen molar-refractivity contribution >= 4 is 37.5 Å². The normalized spacial score (nSPS) is 12.4. The summed E-state index contributed by atoms with van der Waals surface area (Å²) in [4.78, 5) is 12.3. The third-order valence-corrected chi connectivity index (χ3v) is 5.59. The molecule has 0 spiro atoms. The lowest BCUT2D eigenvalue weighted by Gasteiger charge is -2.23. The number of rotatable bonds is 8. The second kappa shape index (κ2) is 9.19. The first-order valence-electron chi connectivity index (χ1n) is 8.32. The topological polar surface area (TPSA) is 66.5 Å². The van der Waals surface area contributed by atoms with Crippen molar-refractivity contribution in [3.05, 3.63) is 64.6 Å². The van der Waals surface area contributed by atoms with E-state index < -0.39 is 10.0 Å². The molecule has 1 atom stereocenters. The van der Waals surface area contributed by atoms with Crippen molar-refractivity contribution < 1.29 is 13.2 Å². The standard InChI is InChI=1S/C19H23BrN2O3S/c1-15(8-9-16-6-4-3-5-7-16)21-19(23)14-22(26(2,24)25)18-12-10-17(20)11-13-18/h3-7,10-13,15H,8-9,14H2,1-2H3,(H,21,23). The number of amides is 1. The number of nitrogens with zero attached hydrogens (tertiary/aromatic N) is 1. The van der Waals surface area contributed by atoms with Gasteiger partial charge in [-0.05, 0) is 49.6 Å². The van der Waals surface area contributed by atoms with E-state index in [1.807, 2.05) is 37.3 Å². The Hall–Kier alpha value is -1.86. The Bertz CT molecular complexity index is 824.